The fraction of sp³-hybridized carbons (Fsp3) is 0.800. The second kappa shape index (κ2) is 18.4. The Morgan fingerprint density at radius 2 is 1.46 bits per heavy atom. The van der Waals surface area contributed by atoms with Crippen molar-refractivity contribution >= 4 is 11.9 Å². The molecule has 6 heteroatoms. The SMILES string of the molecule is CCCCCCCCC(O)COC(=O)/C=C/C(=O)OCCCOCCC. The van der Waals surface area contributed by atoms with Crippen molar-refractivity contribution in [2.75, 3.05) is 26.4 Å². The van der Waals surface area contributed by atoms with Gasteiger partial charge in [0.1, 0.15) is 6.61 Å². The van der Waals surface area contributed by atoms with E-state index in [1.54, 1.807) is 0 Å². The van der Waals surface area contributed by atoms with Gasteiger partial charge in [-0.1, -0.05) is 52.4 Å². The fourth-order valence-electron chi connectivity index (χ4n) is 2.23. The summed E-state index contributed by atoms with van der Waals surface area (Å²) in [4.78, 5) is 22.9. The number of aliphatic hydroxyl groups is 1. The highest BCUT2D eigenvalue weighted by molar-refractivity contribution is 5.91. The average Bonchev–Trinajstić information content (AvgIpc) is 2.64. The highest BCUT2D eigenvalue weighted by Crippen LogP contribution is 2.09. The molecule has 0 radical (unpaired) electrons. The van der Waals surface area contributed by atoms with E-state index in [-0.39, 0.29) is 13.2 Å². The van der Waals surface area contributed by atoms with E-state index in [2.05, 4.69) is 6.92 Å². The summed E-state index contributed by atoms with van der Waals surface area (Å²) >= 11 is 0. The van der Waals surface area contributed by atoms with Crippen LogP contribution in [0.1, 0.15) is 71.6 Å². The summed E-state index contributed by atoms with van der Waals surface area (Å²) in [6.07, 6.45) is 10.5. The minimum absolute atomic E-state index is 0.0536. The minimum Gasteiger partial charge on any atom is -0.462 e. The van der Waals surface area contributed by atoms with E-state index in [4.69, 9.17) is 14.2 Å². The van der Waals surface area contributed by atoms with E-state index < -0.39 is 18.0 Å². The van der Waals surface area contributed by atoms with Gasteiger partial charge in [0.05, 0.1) is 12.7 Å². The van der Waals surface area contributed by atoms with Crippen molar-refractivity contribution in [3.63, 3.8) is 0 Å². The van der Waals surface area contributed by atoms with Crippen LogP contribution in [0.4, 0.5) is 0 Å². The zero-order valence-electron chi connectivity index (χ0n) is 16.4. The van der Waals surface area contributed by atoms with Crippen molar-refractivity contribution in [1.29, 1.82) is 0 Å². The smallest absolute Gasteiger partial charge is 0.331 e. The molecular formula is C20H36O6. The van der Waals surface area contributed by atoms with Crippen molar-refractivity contribution in [3.05, 3.63) is 12.2 Å². The molecule has 0 aromatic heterocycles. The molecular weight excluding hydrogens is 336 g/mol. The Kier molecular flexibility index (Phi) is 17.4. The molecule has 0 bridgehead atoms. The molecule has 1 unspecified atom stereocenters. The molecule has 0 rings (SSSR count). The van der Waals surface area contributed by atoms with Gasteiger partial charge in [-0.25, -0.2) is 9.59 Å². The van der Waals surface area contributed by atoms with Gasteiger partial charge in [0.25, 0.3) is 0 Å². The number of rotatable bonds is 17. The maximum Gasteiger partial charge on any atom is 0.331 e. The molecule has 0 aliphatic rings. The summed E-state index contributed by atoms with van der Waals surface area (Å²) in [7, 11) is 0. The highest BCUT2D eigenvalue weighted by atomic mass is 16.5. The van der Waals surface area contributed by atoms with Crippen LogP contribution >= 0.6 is 0 Å². The van der Waals surface area contributed by atoms with Gasteiger partial charge in [-0.15, -0.1) is 0 Å². The Bertz CT molecular complexity index is 380. The first kappa shape index (κ1) is 24.6. The van der Waals surface area contributed by atoms with Crippen molar-refractivity contribution in [2.45, 2.75) is 77.7 Å². The molecule has 1 N–H and O–H groups in total. The van der Waals surface area contributed by atoms with Gasteiger partial charge in [0, 0.05) is 31.8 Å². The lowest BCUT2D eigenvalue weighted by atomic mass is 10.1. The van der Waals surface area contributed by atoms with Crippen molar-refractivity contribution in [2.24, 2.45) is 0 Å². The third-order valence-electron chi connectivity index (χ3n) is 3.69. The maximum absolute atomic E-state index is 11.5. The minimum atomic E-state index is -0.659. The lowest BCUT2D eigenvalue weighted by Crippen LogP contribution is -2.17. The Hall–Kier alpha value is -1.40. The molecule has 1 atom stereocenters. The summed E-state index contributed by atoms with van der Waals surface area (Å²) < 4.78 is 15.1. The van der Waals surface area contributed by atoms with Gasteiger partial charge in [-0.05, 0) is 12.8 Å². The topological polar surface area (TPSA) is 82.1 Å². The normalized spacial score (nSPS) is 12.3. The summed E-state index contributed by atoms with van der Waals surface area (Å²) in [5, 5.41) is 9.78. The van der Waals surface area contributed by atoms with E-state index >= 15 is 0 Å². The third kappa shape index (κ3) is 17.4. The van der Waals surface area contributed by atoms with Crippen molar-refractivity contribution < 1.29 is 28.9 Å². The van der Waals surface area contributed by atoms with E-state index in [1.165, 1.54) is 25.7 Å². The monoisotopic (exact) mass is 372 g/mol. The summed E-state index contributed by atoms with van der Waals surface area (Å²) in [6.45, 7) is 5.64. The molecule has 0 aliphatic carbocycles. The second-order valence-electron chi connectivity index (χ2n) is 6.31. The van der Waals surface area contributed by atoms with Gasteiger partial charge in [-0.2, -0.15) is 0 Å². The summed E-state index contributed by atoms with van der Waals surface area (Å²) in [5.74, 6) is -1.25. The first-order valence-corrected chi connectivity index (χ1v) is 9.87. The zero-order chi connectivity index (χ0) is 19.5. The second-order valence-corrected chi connectivity index (χ2v) is 6.31. The van der Waals surface area contributed by atoms with Gasteiger partial charge < -0.3 is 19.3 Å². The van der Waals surface area contributed by atoms with Crippen molar-refractivity contribution in [1.82, 2.24) is 0 Å². The quantitative estimate of drug-likeness (QED) is 0.239. The predicted molar refractivity (Wildman–Crippen MR) is 101 cm³/mol. The first-order chi connectivity index (χ1) is 12.6. The van der Waals surface area contributed by atoms with Crippen LogP contribution in [0.15, 0.2) is 12.2 Å². The van der Waals surface area contributed by atoms with Gasteiger partial charge in [0.15, 0.2) is 0 Å². The molecule has 0 saturated carbocycles. The lowest BCUT2D eigenvalue weighted by Gasteiger charge is -2.10. The van der Waals surface area contributed by atoms with Crippen LogP contribution in [0, 0.1) is 0 Å². The lowest BCUT2D eigenvalue weighted by molar-refractivity contribution is -0.142. The fourth-order valence-corrected chi connectivity index (χ4v) is 2.23. The largest absolute Gasteiger partial charge is 0.462 e. The molecule has 0 aliphatic heterocycles. The molecule has 152 valence electrons. The average molecular weight is 373 g/mol. The van der Waals surface area contributed by atoms with E-state index in [9.17, 15) is 14.7 Å². The molecule has 0 aromatic rings. The van der Waals surface area contributed by atoms with Crippen LogP contribution in [0.25, 0.3) is 0 Å². The van der Waals surface area contributed by atoms with Crippen LogP contribution in [0.2, 0.25) is 0 Å². The molecule has 0 spiro atoms. The number of esters is 2. The maximum atomic E-state index is 11.5. The molecule has 0 saturated heterocycles. The predicted octanol–water partition coefficient (Wildman–Crippen LogP) is 3.56. The van der Waals surface area contributed by atoms with E-state index in [1.807, 2.05) is 6.92 Å². The summed E-state index contributed by atoms with van der Waals surface area (Å²) in [5.41, 5.74) is 0. The van der Waals surface area contributed by atoms with Crippen LogP contribution < -0.4 is 0 Å². The zero-order valence-corrected chi connectivity index (χ0v) is 16.4. The van der Waals surface area contributed by atoms with Crippen LogP contribution in [0.3, 0.4) is 0 Å². The van der Waals surface area contributed by atoms with Gasteiger partial charge in [-0.3, -0.25) is 0 Å². The van der Waals surface area contributed by atoms with Crippen LogP contribution in [-0.4, -0.2) is 49.6 Å². The standard InChI is InChI=1S/C20H36O6/c1-3-5-6-7-8-9-11-18(21)17-26-20(23)13-12-19(22)25-16-10-15-24-14-4-2/h12-13,18,21H,3-11,14-17H2,1-2H3/b13-12+. The summed E-state index contributed by atoms with van der Waals surface area (Å²) in [6, 6.07) is 0. The van der Waals surface area contributed by atoms with Crippen LogP contribution in [0.5, 0.6) is 0 Å². The Morgan fingerprint density at radius 1 is 0.808 bits per heavy atom. The Balaban J connectivity index is 3.63. The number of aliphatic hydroxyl groups excluding tert-OH is 1. The van der Waals surface area contributed by atoms with Gasteiger partial charge in [0.2, 0.25) is 0 Å². The van der Waals surface area contributed by atoms with Gasteiger partial charge >= 0.3 is 11.9 Å². The highest BCUT2D eigenvalue weighted by Gasteiger charge is 2.07. The number of carbonyl (C=O) groups excluding carboxylic acids is 2. The molecule has 0 amide bonds. The van der Waals surface area contributed by atoms with E-state index in [0.717, 1.165) is 31.4 Å². The van der Waals surface area contributed by atoms with Crippen LogP contribution in [-0.2, 0) is 23.8 Å². The number of hydrogen-bond donors (Lipinski definition) is 1. The third-order valence-corrected chi connectivity index (χ3v) is 3.69. The number of ether oxygens (including phenoxy) is 3. The molecule has 0 fully saturated rings. The number of hydrogen-bond acceptors (Lipinski definition) is 6. The van der Waals surface area contributed by atoms with Crippen molar-refractivity contribution in [3.8, 4) is 0 Å². The first-order valence-electron chi connectivity index (χ1n) is 9.87. The molecule has 6 nitrogen and oxygen atoms in total. The molecule has 0 aromatic carbocycles. The number of carbonyl (C=O) groups is 2. The van der Waals surface area contributed by atoms with E-state index in [0.29, 0.717) is 26.1 Å². The Labute approximate surface area is 157 Å². The Morgan fingerprint density at radius 3 is 2.15 bits per heavy atom. The molecule has 26 heavy (non-hydrogen) atoms. The number of unbranched alkanes of at least 4 members (excludes halogenated alkanes) is 5. The molecule has 0 heterocycles.